The summed E-state index contributed by atoms with van der Waals surface area (Å²) in [5.74, 6) is 0.622. The van der Waals surface area contributed by atoms with Crippen molar-refractivity contribution in [3.63, 3.8) is 0 Å². The van der Waals surface area contributed by atoms with Gasteiger partial charge in [0.2, 0.25) is 0 Å². The number of rotatable bonds is 1. The second-order valence-electron chi connectivity index (χ2n) is 5.04. The minimum atomic E-state index is -0.218. The molecule has 1 fully saturated rings. The molecule has 15 heavy (non-hydrogen) atoms. The average molecular weight is 209 g/mol. The monoisotopic (exact) mass is 209 g/mol. The third kappa shape index (κ3) is 1.87. The van der Waals surface area contributed by atoms with E-state index in [1.807, 2.05) is 0 Å². The van der Waals surface area contributed by atoms with Crippen molar-refractivity contribution in [3.05, 3.63) is 11.6 Å². The first-order chi connectivity index (χ1) is 7.02. The zero-order valence-corrected chi connectivity index (χ0v) is 9.75. The van der Waals surface area contributed by atoms with E-state index < -0.39 is 0 Å². The molecule has 1 atom stereocenters. The zero-order chi connectivity index (χ0) is 11.1. The van der Waals surface area contributed by atoms with Crippen LogP contribution >= 0.6 is 0 Å². The summed E-state index contributed by atoms with van der Waals surface area (Å²) in [7, 11) is 1.80. The Kier molecular flexibility index (Phi) is 2.49. The van der Waals surface area contributed by atoms with Crippen molar-refractivity contribution in [2.75, 3.05) is 13.6 Å². The lowest BCUT2D eigenvalue weighted by Gasteiger charge is -2.31. The van der Waals surface area contributed by atoms with Crippen molar-refractivity contribution in [1.29, 1.82) is 0 Å². The summed E-state index contributed by atoms with van der Waals surface area (Å²) in [6, 6.07) is 0. The Morgan fingerprint density at radius 1 is 1.53 bits per heavy atom. The minimum absolute atomic E-state index is 0.170. The van der Waals surface area contributed by atoms with E-state index in [1.165, 1.54) is 5.57 Å². The topological polar surface area (TPSA) is 29.5 Å². The molecule has 3 heteroatoms. The van der Waals surface area contributed by atoms with E-state index in [4.69, 9.17) is 4.74 Å². The van der Waals surface area contributed by atoms with E-state index in [1.54, 1.807) is 11.9 Å². The Labute approximate surface area is 91.1 Å². The smallest absolute Gasteiger partial charge is 0.410 e. The summed E-state index contributed by atoms with van der Waals surface area (Å²) in [5.41, 5.74) is 1.29. The summed E-state index contributed by atoms with van der Waals surface area (Å²) in [6.07, 6.45) is 5.03. The first-order valence-corrected chi connectivity index (χ1v) is 5.65. The van der Waals surface area contributed by atoms with Crippen LogP contribution in [0.2, 0.25) is 0 Å². The number of hydrogen-bond donors (Lipinski definition) is 0. The van der Waals surface area contributed by atoms with Gasteiger partial charge in [-0.25, -0.2) is 4.79 Å². The molecule has 3 nitrogen and oxygen atoms in total. The van der Waals surface area contributed by atoms with E-state index in [0.717, 1.165) is 25.8 Å². The van der Waals surface area contributed by atoms with Gasteiger partial charge in [-0.1, -0.05) is 25.5 Å². The molecule has 0 saturated carbocycles. The van der Waals surface area contributed by atoms with Gasteiger partial charge in [0, 0.05) is 13.5 Å². The number of carbonyl (C=O) groups excluding carboxylic acids is 1. The van der Waals surface area contributed by atoms with Crippen molar-refractivity contribution in [2.24, 2.45) is 5.92 Å². The normalized spacial score (nSPS) is 31.1. The highest BCUT2D eigenvalue weighted by Crippen LogP contribution is 2.37. The van der Waals surface area contributed by atoms with Crippen molar-refractivity contribution in [1.82, 2.24) is 4.90 Å². The first kappa shape index (κ1) is 10.5. The van der Waals surface area contributed by atoms with Gasteiger partial charge in [-0.3, -0.25) is 0 Å². The first-order valence-electron chi connectivity index (χ1n) is 5.65. The van der Waals surface area contributed by atoms with E-state index in [-0.39, 0.29) is 11.7 Å². The van der Waals surface area contributed by atoms with Crippen LogP contribution in [0.5, 0.6) is 0 Å². The molecule has 0 bridgehead atoms. The van der Waals surface area contributed by atoms with Crippen LogP contribution in [0.3, 0.4) is 0 Å². The number of carbonyl (C=O) groups is 1. The van der Waals surface area contributed by atoms with Gasteiger partial charge >= 0.3 is 6.09 Å². The van der Waals surface area contributed by atoms with Gasteiger partial charge in [0.05, 0.1) is 6.54 Å². The molecule has 0 radical (unpaired) electrons. The molecule has 0 aromatic heterocycles. The molecule has 0 N–H and O–H groups in total. The van der Waals surface area contributed by atoms with E-state index >= 15 is 0 Å². The summed E-state index contributed by atoms with van der Waals surface area (Å²) in [5, 5.41) is 0. The number of allylic oxidation sites excluding steroid dienone is 1. The second kappa shape index (κ2) is 3.54. The van der Waals surface area contributed by atoms with E-state index in [9.17, 15) is 4.79 Å². The third-order valence-corrected chi connectivity index (χ3v) is 3.49. The fourth-order valence-electron chi connectivity index (χ4n) is 2.45. The highest BCUT2D eigenvalue weighted by molar-refractivity contribution is 5.70. The van der Waals surface area contributed by atoms with Gasteiger partial charge in [0.25, 0.3) is 0 Å². The summed E-state index contributed by atoms with van der Waals surface area (Å²) >= 11 is 0. The second-order valence-corrected chi connectivity index (χ2v) is 5.04. The number of nitrogens with zero attached hydrogens (tertiary/aromatic N) is 1. The number of amides is 1. The van der Waals surface area contributed by atoms with Crippen LogP contribution in [-0.2, 0) is 4.74 Å². The van der Waals surface area contributed by atoms with E-state index in [2.05, 4.69) is 19.9 Å². The Balaban J connectivity index is 2.07. The van der Waals surface area contributed by atoms with Crippen molar-refractivity contribution in [3.8, 4) is 0 Å². The molecule has 1 saturated heterocycles. The Morgan fingerprint density at radius 3 is 2.67 bits per heavy atom. The Morgan fingerprint density at radius 2 is 2.27 bits per heavy atom. The van der Waals surface area contributed by atoms with Gasteiger partial charge in [0.15, 0.2) is 0 Å². The van der Waals surface area contributed by atoms with Crippen LogP contribution in [0.15, 0.2) is 11.6 Å². The van der Waals surface area contributed by atoms with Crippen molar-refractivity contribution >= 4 is 6.09 Å². The van der Waals surface area contributed by atoms with Crippen LogP contribution in [-0.4, -0.2) is 30.2 Å². The van der Waals surface area contributed by atoms with Gasteiger partial charge in [-0.15, -0.1) is 0 Å². The summed E-state index contributed by atoms with van der Waals surface area (Å²) in [6.45, 7) is 5.18. The highest BCUT2D eigenvalue weighted by atomic mass is 16.6. The molecule has 1 amide bonds. The predicted molar refractivity (Wildman–Crippen MR) is 58.6 cm³/mol. The van der Waals surface area contributed by atoms with Gasteiger partial charge in [-0.05, 0) is 18.8 Å². The standard InChI is InChI=1S/C12H19NO2/c1-9(2)10-4-6-12(7-5-10)8-13(3)11(14)15-12/h4,9H,5-8H2,1-3H3. The number of likely N-dealkylation sites (N-methyl/N-ethyl adjacent to an activating group) is 1. The number of hydrogen-bond acceptors (Lipinski definition) is 2. The predicted octanol–water partition coefficient (Wildman–Crippen LogP) is 2.57. The van der Waals surface area contributed by atoms with E-state index in [0.29, 0.717) is 5.92 Å². The summed E-state index contributed by atoms with van der Waals surface area (Å²) in [4.78, 5) is 13.0. The van der Waals surface area contributed by atoms with Gasteiger partial charge in [0.1, 0.15) is 5.60 Å². The Bertz CT molecular complexity index is 309. The zero-order valence-electron chi connectivity index (χ0n) is 9.75. The molecule has 1 unspecified atom stereocenters. The van der Waals surface area contributed by atoms with Crippen molar-refractivity contribution < 1.29 is 9.53 Å². The third-order valence-electron chi connectivity index (χ3n) is 3.49. The lowest BCUT2D eigenvalue weighted by Crippen LogP contribution is -2.35. The van der Waals surface area contributed by atoms with Crippen LogP contribution in [0.4, 0.5) is 4.79 Å². The van der Waals surface area contributed by atoms with Gasteiger partial charge in [-0.2, -0.15) is 0 Å². The molecular formula is C12H19NO2. The van der Waals surface area contributed by atoms with Crippen molar-refractivity contribution in [2.45, 2.75) is 38.7 Å². The lowest BCUT2D eigenvalue weighted by molar-refractivity contribution is 0.0476. The molecule has 1 heterocycles. The Hall–Kier alpha value is -0.990. The SMILES string of the molecule is CC(C)C1=CCC2(CC1)CN(C)C(=O)O2. The van der Waals surface area contributed by atoms with Crippen LogP contribution in [0, 0.1) is 5.92 Å². The molecule has 2 rings (SSSR count). The average Bonchev–Trinajstić information content (AvgIpc) is 2.43. The number of ether oxygens (including phenoxy) is 1. The fraction of sp³-hybridized carbons (Fsp3) is 0.750. The fourth-order valence-corrected chi connectivity index (χ4v) is 2.45. The summed E-state index contributed by atoms with van der Waals surface area (Å²) < 4.78 is 5.47. The molecule has 1 spiro atoms. The highest BCUT2D eigenvalue weighted by Gasteiger charge is 2.44. The molecule has 1 aliphatic carbocycles. The maximum absolute atomic E-state index is 11.3. The molecular weight excluding hydrogens is 190 g/mol. The van der Waals surface area contributed by atoms with Crippen LogP contribution < -0.4 is 0 Å². The maximum Gasteiger partial charge on any atom is 0.410 e. The largest absolute Gasteiger partial charge is 0.441 e. The quantitative estimate of drug-likeness (QED) is 0.621. The minimum Gasteiger partial charge on any atom is -0.441 e. The molecule has 0 aromatic rings. The molecule has 0 aromatic carbocycles. The lowest BCUT2D eigenvalue weighted by atomic mass is 9.82. The molecule has 1 aliphatic heterocycles. The molecule has 84 valence electrons. The maximum atomic E-state index is 11.3. The van der Waals surface area contributed by atoms with Crippen LogP contribution in [0.25, 0.3) is 0 Å². The van der Waals surface area contributed by atoms with Gasteiger partial charge < -0.3 is 9.64 Å². The molecule has 2 aliphatic rings. The van der Waals surface area contributed by atoms with Crippen LogP contribution in [0.1, 0.15) is 33.1 Å².